The molecular weight excluding hydrogens is 310 g/mol. The molecule has 1 aliphatic carbocycles. The minimum atomic E-state index is -0.681. The van der Waals surface area contributed by atoms with Gasteiger partial charge in [-0.1, -0.05) is 42.5 Å². The topological polar surface area (TPSA) is 104 Å². The molecule has 2 unspecified atom stereocenters. The van der Waals surface area contributed by atoms with E-state index in [0.29, 0.717) is 12.0 Å². The monoisotopic (exact) mass is 327 g/mol. The minimum Gasteiger partial charge on any atom is -0.390 e. The molecule has 0 aliphatic heterocycles. The summed E-state index contributed by atoms with van der Waals surface area (Å²) in [5.41, 5.74) is 2.29. The second-order valence-electron chi connectivity index (χ2n) is 5.66. The number of para-hydroxylation sites is 1. The Morgan fingerprint density at radius 3 is 2.71 bits per heavy atom. The molecule has 0 aromatic heterocycles. The van der Waals surface area contributed by atoms with Gasteiger partial charge in [-0.25, -0.2) is 4.79 Å². The Morgan fingerprint density at radius 1 is 1.21 bits per heavy atom. The number of hydrogen-bond acceptors (Lipinski definition) is 4. The largest absolute Gasteiger partial charge is 0.390 e. The fraction of sp³-hybridized carbons (Fsp3) is 0.235. The standard InChI is InChI=1S/C17H17N3O4/c21-15-9-11-5-1-3-7-13(11)16(15)19-17(22)18-10-12-6-2-4-8-14(12)20(23)24/h1-8,15-16,21H,9-10H2,(H2,18,19,22). The van der Waals surface area contributed by atoms with Gasteiger partial charge >= 0.3 is 6.03 Å². The Kier molecular flexibility index (Phi) is 4.43. The Hall–Kier alpha value is -2.93. The summed E-state index contributed by atoms with van der Waals surface area (Å²) in [6.45, 7) is 0.0352. The number of benzene rings is 2. The van der Waals surface area contributed by atoms with Crippen LogP contribution in [0.3, 0.4) is 0 Å². The zero-order chi connectivity index (χ0) is 17.1. The number of amides is 2. The van der Waals surface area contributed by atoms with Crippen LogP contribution in [0.2, 0.25) is 0 Å². The molecule has 2 aromatic rings. The van der Waals surface area contributed by atoms with E-state index in [4.69, 9.17) is 0 Å². The summed E-state index contributed by atoms with van der Waals surface area (Å²) in [6.07, 6.45) is -0.190. The summed E-state index contributed by atoms with van der Waals surface area (Å²) in [5.74, 6) is 0. The Labute approximate surface area is 138 Å². The van der Waals surface area contributed by atoms with Crippen LogP contribution in [-0.4, -0.2) is 22.2 Å². The molecule has 124 valence electrons. The first-order valence-corrected chi connectivity index (χ1v) is 7.59. The van der Waals surface area contributed by atoms with Crippen molar-refractivity contribution >= 4 is 11.7 Å². The lowest BCUT2D eigenvalue weighted by molar-refractivity contribution is -0.385. The Balaban J connectivity index is 1.64. The van der Waals surface area contributed by atoms with Crippen molar-refractivity contribution in [2.75, 3.05) is 0 Å². The fourth-order valence-corrected chi connectivity index (χ4v) is 2.95. The van der Waals surface area contributed by atoms with E-state index in [1.54, 1.807) is 18.2 Å². The normalized spacial score (nSPS) is 18.7. The third kappa shape index (κ3) is 3.21. The van der Waals surface area contributed by atoms with Crippen LogP contribution in [0.1, 0.15) is 22.7 Å². The van der Waals surface area contributed by atoms with E-state index in [9.17, 15) is 20.0 Å². The van der Waals surface area contributed by atoms with E-state index >= 15 is 0 Å². The second-order valence-corrected chi connectivity index (χ2v) is 5.66. The lowest BCUT2D eigenvalue weighted by Gasteiger charge is -2.18. The fourth-order valence-electron chi connectivity index (χ4n) is 2.95. The van der Waals surface area contributed by atoms with Crippen LogP contribution >= 0.6 is 0 Å². The average Bonchev–Trinajstić information content (AvgIpc) is 2.89. The van der Waals surface area contributed by atoms with Gasteiger partial charge in [0.1, 0.15) is 0 Å². The van der Waals surface area contributed by atoms with E-state index in [1.165, 1.54) is 6.07 Å². The molecule has 24 heavy (non-hydrogen) atoms. The van der Waals surface area contributed by atoms with Gasteiger partial charge in [-0.15, -0.1) is 0 Å². The molecule has 0 heterocycles. The smallest absolute Gasteiger partial charge is 0.315 e. The number of fused-ring (bicyclic) bond motifs is 1. The molecule has 1 aliphatic rings. The summed E-state index contributed by atoms with van der Waals surface area (Å²) in [7, 11) is 0. The van der Waals surface area contributed by atoms with Crippen LogP contribution in [-0.2, 0) is 13.0 Å². The van der Waals surface area contributed by atoms with Crippen LogP contribution in [0.4, 0.5) is 10.5 Å². The molecule has 0 spiro atoms. The minimum absolute atomic E-state index is 0.0352. The highest BCUT2D eigenvalue weighted by Gasteiger charge is 2.31. The van der Waals surface area contributed by atoms with Gasteiger partial charge in [0.25, 0.3) is 5.69 Å². The van der Waals surface area contributed by atoms with Crippen molar-refractivity contribution in [2.24, 2.45) is 0 Å². The van der Waals surface area contributed by atoms with Gasteiger partial charge in [-0.2, -0.15) is 0 Å². The molecule has 7 nitrogen and oxygen atoms in total. The molecule has 7 heteroatoms. The zero-order valence-electron chi connectivity index (χ0n) is 12.8. The van der Waals surface area contributed by atoms with Crippen LogP contribution in [0, 0.1) is 10.1 Å². The quantitative estimate of drug-likeness (QED) is 0.590. The predicted molar refractivity (Wildman–Crippen MR) is 87.4 cm³/mol. The molecule has 0 saturated heterocycles. The summed E-state index contributed by atoms with van der Waals surface area (Å²) in [5, 5.41) is 26.4. The van der Waals surface area contributed by atoms with Crippen molar-refractivity contribution < 1.29 is 14.8 Å². The second kappa shape index (κ2) is 6.67. The maximum Gasteiger partial charge on any atom is 0.315 e. The van der Waals surface area contributed by atoms with Crippen molar-refractivity contribution in [1.82, 2.24) is 10.6 Å². The zero-order valence-corrected chi connectivity index (χ0v) is 12.8. The molecule has 3 rings (SSSR count). The van der Waals surface area contributed by atoms with Crippen LogP contribution in [0.25, 0.3) is 0 Å². The van der Waals surface area contributed by atoms with Gasteiger partial charge in [-0.3, -0.25) is 10.1 Å². The van der Waals surface area contributed by atoms with Crippen LogP contribution in [0.15, 0.2) is 48.5 Å². The number of hydrogen-bond donors (Lipinski definition) is 3. The Bertz CT molecular complexity index is 778. The van der Waals surface area contributed by atoms with E-state index < -0.39 is 23.1 Å². The van der Waals surface area contributed by atoms with E-state index in [0.717, 1.165) is 11.1 Å². The first-order chi connectivity index (χ1) is 11.6. The van der Waals surface area contributed by atoms with Gasteiger partial charge in [0.15, 0.2) is 0 Å². The maximum absolute atomic E-state index is 12.1. The van der Waals surface area contributed by atoms with Crippen molar-refractivity contribution in [3.63, 3.8) is 0 Å². The van der Waals surface area contributed by atoms with E-state index in [1.807, 2.05) is 24.3 Å². The highest BCUT2D eigenvalue weighted by Crippen LogP contribution is 2.31. The molecule has 2 aromatic carbocycles. The molecule has 2 atom stereocenters. The van der Waals surface area contributed by atoms with E-state index in [2.05, 4.69) is 10.6 Å². The number of nitro groups is 1. The van der Waals surface area contributed by atoms with Gasteiger partial charge in [0, 0.05) is 18.1 Å². The van der Waals surface area contributed by atoms with Gasteiger partial charge < -0.3 is 15.7 Å². The summed E-state index contributed by atoms with van der Waals surface area (Å²) in [4.78, 5) is 22.6. The van der Waals surface area contributed by atoms with Crippen LogP contribution in [0.5, 0.6) is 0 Å². The number of nitrogens with zero attached hydrogens (tertiary/aromatic N) is 1. The van der Waals surface area contributed by atoms with Crippen molar-refractivity contribution in [2.45, 2.75) is 25.1 Å². The lowest BCUT2D eigenvalue weighted by Crippen LogP contribution is -2.40. The summed E-state index contributed by atoms with van der Waals surface area (Å²) >= 11 is 0. The van der Waals surface area contributed by atoms with Crippen LogP contribution < -0.4 is 10.6 Å². The number of carbonyl (C=O) groups is 1. The number of aliphatic hydroxyl groups is 1. The number of nitrogens with one attached hydrogen (secondary N) is 2. The molecule has 0 bridgehead atoms. The SMILES string of the molecule is O=C(NCc1ccccc1[N+](=O)[O-])NC1c2ccccc2CC1O. The number of aliphatic hydroxyl groups excluding tert-OH is 1. The molecule has 2 amide bonds. The molecule has 3 N–H and O–H groups in total. The first-order valence-electron chi connectivity index (χ1n) is 7.59. The number of carbonyl (C=O) groups excluding carboxylic acids is 1. The molecule has 0 radical (unpaired) electrons. The predicted octanol–water partition coefficient (Wildman–Crippen LogP) is 2.05. The molecule has 0 saturated carbocycles. The lowest BCUT2D eigenvalue weighted by atomic mass is 10.1. The first kappa shape index (κ1) is 15.9. The number of rotatable bonds is 4. The van der Waals surface area contributed by atoms with Crippen molar-refractivity contribution in [1.29, 1.82) is 0 Å². The molecule has 0 fully saturated rings. The summed E-state index contributed by atoms with van der Waals surface area (Å²) < 4.78 is 0. The third-order valence-corrected chi connectivity index (χ3v) is 4.12. The Morgan fingerprint density at radius 2 is 1.92 bits per heavy atom. The highest BCUT2D eigenvalue weighted by atomic mass is 16.6. The molecular formula is C17H17N3O4. The van der Waals surface area contributed by atoms with Crippen molar-refractivity contribution in [3.8, 4) is 0 Å². The van der Waals surface area contributed by atoms with Gasteiger partial charge in [0.2, 0.25) is 0 Å². The van der Waals surface area contributed by atoms with Gasteiger partial charge in [0.05, 0.1) is 23.6 Å². The summed E-state index contributed by atoms with van der Waals surface area (Å²) in [6, 6.07) is 12.8. The third-order valence-electron chi connectivity index (χ3n) is 4.12. The number of urea groups is 1. The maximum atomic E-state index is 12.1. The van der Waals surface area contributed by atoms with Crippen molar-refractivity contribution in [3.05, 3.63) is 75.3 Å². The van der Waals surface area contributed by atoms with E-state index in [-0.39, 0.29) is 12.2 Å². The number of nitro benzene ring substituents is 1. The highest BCUT2D eigenvalue weighted by molar-refractivity contribution is 5.75. The average molecular weight is 327 g/mol. The van der Waals surface area contributed by atoms with Gasteiger partial charge in [-0.05, 0) is 11.1 Å².